The lowest BCUT2D eigenvalue weighted by Gasteiger charge is -2.30. The van der Waals surface area contributed by atoms with Gasteiger partial charge in [-0.2, -0.15) is 4.31 Å². The van der Waals surface area contributed by atoms with E-state index in [1.54, 1.807) is 12.1 Å². The minimum atomic E-state index is -3.58. The zero-order chi connectivity index (χ0) is 22.3. The van der Waals surface area contributed by atoms with E-state index < -0.39 is 16.0 Å². The van der Waals surface area contributed by atoms with Gasteiger partial charge < -0.3 is 10.1 Å². The topological polar surface area (TPSA) is 92.8 Å². The Bertz CT molecular complexity index is 810. The van der Waals surface area contributed by atoms with Gasteiger partial charge in [0.1, 0.15) is 0 Å². The van der Waals surface area contributed by atoms with Crippen molar-refractivity contribution in [3.8, 4) is 0 Å². The molecular weight excluding hydrogens is 404 g/mol. The van der Waals surface area contributed by atoms with E-state index in [2.05, 4.69) is 33.0 Å². The standard InChI is InChI=1S/C22H34N2O5S/c1-16(2)9-12-23-21(25)15-29-22(26)19-10-13-24(14-11-19)30(27,28)20-7-5-18(6-8-20)17(3)4/h5-8,16-17,19H,9-15H2,1-4H3,(H,23,25). The fourth-order valence-electron chi connectivity index (χ4n) is 3.31. The molecular formula is C22H34N2O5S. The van der Waals surface area contributed by atoms with Crippen molar-refractivity contribution in [2.24, 2.45) is 11.8 Å². The highest BCUT2D eigenvalue weighted by Gasteiger charge is 2.33. The molecule has 0 aliphatic carbocycles. The lowest BCUT2D eigenvalue weighted by Crippen LogP contribution is -2.41. The smallest absolute Gasteiger partial charge is 0.309 e. The van der Waals surface area contributed by atoms with Gasteiger partial charge in [0.25, 0.3) is 5.91 Å². The predicted octanol–water partition coefficient (Wildman–Crippen LogP) is 2.92. The van der Waals surface area contributed by atoms with Crippen LogP contribution >= 0.6 is 0 Å². The molecule has 1 aliphatic heterocycles. The molecule has 0 unspecified atom stereocenters. The van der Waals surface area contributed by atoms with Crippen LogP contribution in [0.15, 0.2) is 29.2 Å². The number of benzene rings is 1. The lowest BCUT2D eigenvalue weighted by molar-refractivity contribution is -0.153. The second-order valence-electron chi connectivity index (χ2n) is 8.54. The van der Waals surface area contributed by atoms with Gasteiger partial charge in [-0.15, -0.1) is 0 Å². The van der Waals surface area contributed by atoms with Crippen LogP contribution in [-0.4, -0.2) is 50.8 Å². The number of hydrogen-bond donors (Lipinski definition) is 1. The monoisotopic (exact) mass is 438 g/mol. The highest BCUT2D eigenvalue weighted by Crippen LogP contribution is 2.25. The Morgan fingerprint density at radius 2 is 1.70 bits per heavy atom. The fourth-order valence-corrected chi connectivity index (χ4v) is 4.78. The van der Waals surface area contributed by atoms with E-state index in [0.29, 0.717) is 31.2 Å². The molecule has 1 saturated heterocycles. The van der Waals surface area contributed by atoms with Crippen molar-refractivity contribution >= 4 is 21.9 Å². The highest BCUT2D eigenvalue weighted by molar-refractivity contribution is 7.89. The third-order valence-corrected chi connectivity index (χ3v) is 7.27. The summed E-state index contributed by atoms with van der Waals surface area (Å²) in [6, 6.07) is 6.97. The van der Waals surface area contributed by atoms with Crippen molar-refractivity contribution in [2.45, 2.75) is 57.8 Å². The Balaban J connectivity index is 1.82. The van der Waals surface area contributed by atoms with Gasteiger partial charge in [-0.05, 0) is 48.8 Å². The molecule has 1 heterocycles. The molecule has 2 rings (SSSR count). The number of nitrogens with one attached hydrogen (secondary N) is 1. The predicted molar refractivity (Wildman–Crippen MR) is 115 cm³/mol. The van der Waals surface area contributed by atoms with Gasteiger partial charge >= 0.3 is 5.97 Å². The molecule has 8 heteroatoms. The molecule has 0 aromatic heterocycles. The highest BCUT2D eigenvalue weighted by atomic mass is 32.2. The van der Waals surface area contributed by atoms with Crippen LogP contribution in [0.1, 0.15) is 58.4 Å². The molecule has 1 N–H and O–H groups in total. The maximum absolute atomic E-state index is 12.9. The van der Waals surface area contributed by atoms with E-state index in [1.165, 1.54) is 4.31 Å². The molecule has 1 aromatic carbocycles. The van der Waals surface area contributed by atoms with Crippen LogP contribution in [0.4, 0.5) is 0 Å². The van der Waals surface area contributed by atoms with Gasteiger partial charge in [-0.25, -0.2) is 8.42 Å². The van der Waals surface area contributed by atoms with E-state index in [-0.39, 0.29) is 36.4 Å². The van der Waals surface area contributed by atoms with Crippen LogP contribution < -0.4 is 5.32 Å². The SMILES string of the molecule is CC(C)CCNC(=O)COC(=O)C1CCN(S(=O)(=O)c2ccc(C(C)C)cc2)CC1. The van der Waals surface area contributed by atoms with Crippen molar-refractivity contribution < 1.29 is 22.7 Å². The van der Waals surface area contributed by atoms with Gasteiger partial charge in [0, 0.05) is 19.6 Å². The molecule has 0 atom stereocenters. The maximum Gasteiger partial charge on any atom is 0.309 e. The van der Waals surface area contributed by atoms with Crippen LogP contribution in [0.2, 0.25) is 0 Å². The fraction of sp³-hybridized carbons (Fsp3) is 0.636. The summed E-state index contributed by atoms with van der Waals surface area (Å²) in [5.74, 6) is -0.312. The molecule has 7 nitrogen and oxygen atoms in total. The third-order valence-electron chi connectivity index (χ3n) is 5.36. The molecule has 0 spiro atoms. The van der Waals surface area contributed by atoms with Gasteiger partial charge in [0.05, 0.1) is 10.8 Å². The minimum Gasteiger partial charge on any atom is -0.455 e. The lowest BCUT2D eigenvalue weighted by atomic mass is 9.98. The number of hydrogen-bond acceptors (Lipinski definition) is 5. The number of nitrogens with zero attached hydrogens (tertiary/aromatic N) is 1. The molecule has 168 valence electrons. The third kappa shape index (κ3) is 6.80. The van der Waals surface area contributed by atoms with Crippen LogP contribution in [0, 0.1) is 11.8 Å². The van der Waals surface area contributed by atoms with Crippen LogP contribution in [0.3, 0.4) is 0 Å². The summed E-state index contributed by atoms with van der Waals surface area (Å²) in [5.41, 5.74) is 1.09. The van der Waals surface area contributed by atoms with Crippen molar-refractivity contribution in [1.82, 2.24) is 9.62 Å². The Morgan fingerprint density at radius 1 is 1.10 bits per heavy atom. The largest absolute Gasteiger partial charge is 0.455 e. The van der Waals surface area contributed by atoms with Gasteiger partial charge in [-0.1, -0.05) is 39.8 Å². The average Bonchev–Trinajstić information content (AvgIpc) is 2.72. The summed E-state index contributed by atoms with van der Waals surface area (Å²) >= 11 is 0. The summed E-state index contributed by atoms with van der Waals surface area (Å²) in [6.07, 6.45) is 1.64. The first-order valence-corrected chi connectivity index (χ1v) is 12.1. The average molecular weight is 439 g/mol. The zero-order valence-electron chi connectivity index (χ0n) is 18.4. The molecule has 0 bridgehead atoms. The maximum atomic E-state index is 12.9. The molecule has 1 fully saturated rings. The second kappa shape index (κ2) is 10.9. The Kier molecular flexibility index (Phi) is 8.85. The molecule has 30 heavy (non-hydrogen) atoms. The number of carbonyl (C=O) groups excluding carboxylic acids is 2. The quantitative estimate of drug-likeness (QED) is 0.599. The van der Waals surface area contributed by atoms with E-state index >= 15 is 0 Å². The first-order valence-electron chi connectivity index (χ1n) is 10.6. The number of carbonyl (C=O) groups is 2. The molecule has 0 radical (unpaired) electrons. The summed E-state index contributed by atoms with van der Waals surface area (Å²) in [5, 5.41) is 2.72. The first-order chi connectivity index (χ1) is 14.1. The van der Waals surface area contributed by atoms with Gasteiger partial charge in [-0.3, -0.25) is 9.59 Å². The van der Waals surface area contributed by atoms with E-state index in [9.17, 15) is 18.0 Å². The van der Waals surface area contributed by atoms with Crippen molar-refractivity contribution in [1.29, 1.82) is 0 Å². The first kappa shape index (κ1) is 24.3. The molecule has 1 aromatic rings. The van der Waals surface area contributed by atoms with Crippen molar-refractivity contribution in [3.63, 3.8) is 0 Å². The summed E-state index contributed by atoms with van der Waals surface area (Å²) < 4.78 is 32.3. The van der Waals surface area contributed by atoms with Gasteiger partial charge in [0.15, 0.2) is 6.61 Å². The zero-order valence-corrected chi connectivity index (χ0v) is 19.2. The van der Waals surface area contributed by atoms with E-state index in [0.717, 1.165) is 12.0 Å². The number of amides is 1. The number of rotatable bonds is 9. The Hall–Kier alpha value is -1.93. The Morgan fingerprint density at radius 3 is 2.23 bits per heavy atom. The summed E-state index contributed by atoms with van der Waals surface area (Å²) in [7, 11) is -3.58. The number of esters is 1. The second-order valence-corrected chi connectivity index (χ2v) is 10.5. The summed E-state index contributed by atoms with van der Waals surface area (Å²) in [4.78, 5) is 24.3. The van der Waals surface area contributed by atoms with Crippen LogP contribution in [-0.2, 0) is 24.3 Å². The van der Waals surface area contributed by atoms with Gasteiger partial charge in [0.2, 0.25) is 10.0 Å². The number of piperidine rings is 1. The Labute approximate surface area is 180 Å². The van der Waals surface area contributed by atoms with E-state index in [4.69, 9.17) is 4.74 Å². The van der Waals surface area contributed by atoms with Crippen LogP contribution in [0.5, 0.6) is 0 Å². The molecule has 0 saturated carbocycles. The van der Waals surface area contributed by atoms with E-state index in [1.807, 2.05) is 12.1 Å². The minimum absolute atomic E-state index is 0.259. The molecule has 1 aliphatic rings. The van der Waals surface area contributed by atoms with Crippen molar-refractivity contribution in [3.05, 3.63) is 29.8 Å². The summed E-state index contributed by atoms with van der Waals surface area (Å²) in [6.45, 7) is 9.04. The normalized spacial score (nSPS) is 16.1. The van der Waals surface area contributed by atoms with Crippen LogP contribution in [0.25, 0.3) is 0 Å². The van der Waals surface area contributed by atoms with Crippen molar-refractivity contribution in [2.75, 3.05) is 26.2 Å². The number of ether oxygens (including phenoxy) is 1. The number of sulfonamides is 1. The molecule has 1 amide bonds.